The van der Waals surface area contributed by atoms with E-state index in [1.54, 1.807) is 11.4 Å². The Kier molecular flexibility index (Phi) is 3.59. The first-order valence-corrected chi connectivity index (χ1v) is 6.51. The van der Waals surface area contributed by atoms with Crippen LogP contribution in [-0.4, -0.2) is 5.78 Å². The second kappa shape index (κ2) is 4.85. The summed E-state index contributed by atoms with van der Waals surface area (Å²) >= 11 is 4.58. The second-order valence-corrected chi connectivity index (χ2v) is 5.83. The van der Waals surface area contributed by atoms with E-state index in [2.05, 4.69) is 15.9 Å². The highest BCUT2D eigenvalue weighted by atomic mass is 79.9. The number of halogens is 4. The summed E-state index contributed by atoms with van der Waals surface area (Å²) in [6.07, 6.45) is -4.38. The Labute approximate surface area is 113 Å². The van der Waals surface area contributed by atoms with Crippen LogP contribution in [0.4, 0.5) is 13.2 Å². The first-order chi connectivity index (χ1) is 8.38. The molecule has 0 atom stereocenters. The zero-order chi connectivity index (χ0) is 13.3. The van der Waals surface area contributed by atoms with E-state index in [-0.39, 0.29) is 11.3 Å². The van der Waals surface area contributed by atoms with Crippen LogP contribution >= 0.6 is 27.3 Å². The highest BCUT2D eigenvalue weighted by Gasteiger charge is 2.30. The SMILES string of the molecule is O=C(c1ccc(C(F)(F)F)cc1)c1csc(Br)c1. The molecule has 0 spiro atoms. The minimum Gasteiger partial charge on any atom is -0.289 e. The van der Waals surface area contributed by atoms with Crippen LogP contribution in [0.3, 0.4) is 0 Å². The summed E-state index contributed by atoms with van der Waals surface area (Å²) in [5.41, 5.74) is -0.0505. The van der Waals surface area contributed by atoms with E-state index < -0.39 is 11.7 Å². The van der Waals surface area contributed by atoms with Crippen molar-refractivity contribution in [3.05, 3.63) is 56.2 Å². The molecule has 0 saturated heterocycles. The molecule has 0 amide bonds. The molecular weight excluding hydrogens is 329 g/mol. The fourth-order valence-corrected chi connectivity index (χ4v) is 2.54. The van der Waals surface area contributed by atoms with Gasteiger partial charge < -0.3 is 0 Å². The fourth-order valence-electron chi connectivity index (χ4n) is 1.41. The quantitative estimate of drug-likeness (QED) is 0.723. The lowest BCUT2D eigenvalue weighted by atomic mass is 10.0. The number of benzene rings is 1. The van der Waals surface area contributed by atoms with E-state index >= 15 is 0 Å². The first kappa shape index (κ1) is 13.3. The van der Waals surface area contributed by atoms with E-state index in [1.165, 1.54) is 23.5 Å². The van der Waals surface area contributed by atoms with Crippen molar-refractivity contribution in [2.24, 2.45) is 0 Å². The van der Waals surface area contributed by atoms with Gasteiger partial charge in [0.05, 0.1) is 9.35 Å². The molecule has 0 bridgehead atoms. The molecule has 0 radical (unpaired) electrons. The Bertz CT molecular complexity index is 572. The third kappa shape index (κ3) is 2.81. The minimum atomic E-state index is -4.38. The van der Waals surface area contributed by atoms with Gasteiger partial charge in [-0.1, -0.05) is 12.1 Å². The number of ketones is 1. The molecule has 6 heteroatoms. The zero-order valence-corrected chi connectivity index (χ0v) is 11.2. The van der Waals surface area contributed by atoms with Gasteiger partial charge in [-0.2, -0.15) is 13.2 Å². The van der Waals surface area contributed by atoms with Crippen molar-refractivity contribution in [1.82, 2.24) is 0 Å². The largest absolute Gasteiger partial charge is 0.416 e. The van der Waals surface area contributed by atoms with Crippen molar-refractivity contribution in [3.8, 4) is 0 Å². The van der Waals surface area contributed by atoms with Crippen molar-refractivity contribution < 1.29 is 18.0 Å². The Morgan fingerprint density at radius 1 is 1.11 bits per heavy atom. The van der Waals surface area contributed by atoms with Crippen molar-refractivity contribution in [1.29, 1.82) is 0 Å². The summed E-state index contributed by atoms with van der Waals surface area (Å²) in [5.74, 6) is -0.286. The number of thiophene rings is 1. The predicted molar refractivity (Wildman–Crippen MR) is 66.9 cm³/mol. The maximum Gasteiger partial charge on any atom is 0.416 e. The van der Waals surface area contributed by atoms with Gasteiger partial charge in [0.15, 0.2) is 5.78 Å². The Morgan fingerprint density at radius 2 is 1.72 bits per heavy atom. The topological polar surface area (TPSA) is 17.1 Å². The average Bonchev–Trinajstić information content (AvgIpc) is 2.74. The molecule has 0 saturated carbocycles. The Balaban J connectivity index is 2.28. The lowest BCUT2D eigenvalue weighted by Crippen LogP contribution is -2.06. The predicted octanol–water partition coefficient (Wildman–Crippen LogP) is 4.76. The number of rotatable bonds is 2. The van der Waals surface area contributed by atoms with Gasteiger partial charge in [0, 0.05) is 16.5 Å². The number of hydrogen-bond acceptors (Lipinski definition) is 2. The molecule has 2 aromatic rings. The van der Waals surface area contributed by atoms with Crippen molar-refractivity contribution >= 4 is 33.0 Å². The molecule has 2 rings (SSSR count). The van der Waals surface area contributed by atoms with E-state index in [9.17, 15) is 18.0 Å². The number of hydrogen-bond donors (Lipinski definition) is 0. The van der Waals surface area contributed by atoms with E-state index in [1.807, 2.05) is 0 Å². The smallest absolute Gasteiger partial charge is 0.289 e. The molecule has 1 aromatic heterocycles. The highest BCUT2D eigenvalue weighted by molar-refractivity contribution is 9.11. The maximum absolute atomic E-state index is 12.4. The molecule has 0 aliphatic heterocycles. The molecule has 94 valence electrons. The third-order valence-corrected chi connectivity index (χ3v) is 3.81. The van der Waals surface area contributed by atoms with Crippen LogP contribution in [0.2, 0.25) is 0 Å². The summed E-state index contributed by atoms with van der Waals surface area (Å²) in [6.45, 7) is 0. The van der Waals surface area contributed by atoms with Crippen molar-refractivity contribution in [2.45, 2.75) is 6.18 Å². The molecular formula is C12H6BrF3OS. The fraction of sp³-hybridized carbons (Fsp3) is 0.0833. The molecule has 1 aromatic carbocycles. The van der Waals surface area contributed by atoms with Gasteiger partial charge in [-0.25, -0.2) is 0 Å². The van der Waals surface area contributed by atoms with Crippen LogP contribution in [0.25, 0.3) is 0 Å². The summed E-state index contributed by atoms with van der Waals surface area (Å²) in [7, 11) is 0. The molecule has 18 heavy (non-hydrogen) atoms. The lowest BCUT2D eigenvalue weighted by molar-refractivity contribution is -0.137. The summed E-state index contributed by atoms with van der Waals surface area (Å²) < 4.78 is 37.9. The van der Waals surface area contributed by atoms with Crippen LogP contribution in [0.5, 0.6) is 0 Å². The van der Waals surface area contributed by atoms with Gasteiger partial charge in [0.25, 0.3) is 0 Å². The van der Waals surface area contributed by atoms with Crippen molar-refractivity contribution in [2.75, 3.05) is 0 Å². The van der Waals surface area contributed by atoms with E-state index in [0.29, 0.717) is 5.56 Å². The van der Waals surface area contributed by atoms with Crippen LogP contribution < -0.4 is 0 Å². The van der Waals surface area contributed by atoms with Gasteiger partial charge in [-0.3, -0.25) is 4.79 Å². The average molecular weight is 335 g/mol. The summed E-state index contributed by atoms with van der Waals surface area (Å²) in [4.78, 5) is 11.9. The molecule has 0 aliphatic rings. The van der Waals surface area contributed by atoms with Crippen LogP contribution in [0.15, 0.2) is 39.5 Å². The number of carbonyl (C=O) groups excluding carboxylic acids is 1. The van der Waals surface area contributed by atoms with Gasteiger partial charge in [-0.15, -0.1) is 11.3 Å². The standard InChI is InChI=1S/C12H6BrF3OS/c13-10-5-8(6-18-10)11(17)7-1-3-9(4-2-7)12(14,15)16/h1-6H. The summed E-state index contributed by atoms with van der Waals surface area (Å²) in [5, 5.41) is 1.66. The van der Waals surface area contributed by atoms with Crippen molar-refractivity contribution in [3.63, 3.8) is 0 Å². The molecule has 0 fully saturated rings. The van der Waals surface area contributed by atoms with Gasteiger partial charge in [-0.05, 0) is 34.1 Å². The van der Waals surface area contributed by atoms with E-state index in [0.717, 1.165) is 15.9 Å². The zero-order valence-electron chi connectivity index (χ0n) is 8.79. The maximum atomic E-state index is 12.4. The van der Waals surface area contributed by atoms with Gasteiger partial charge in [0.2, 0.25) is 0 Å². The molecule has 0 N–H and O–H groups in total. The third-order valence-electron chi connectivity index (χ3n) is 2.30. The van der Waals surface area contributed by atoms with E-state index in [4.69, 9.17) is 0 Å². The Hall–Kier alpha value is -1.14. The molecule has 1 nitrogen and oxygen atoms in total. The highest BCUT2D eigenvalue weighted by Crippen LogP contribution is 2.29. The molecule has 1 heterocycles. The second-order valence-electron chi connectivity index (χ2n) is 3.54. The molecule has 0 unspecified atom stereocenters. The van der Waals surface area contributed by atoms with Gasteiger partial charge in [0.1, 0.15) is 0 Å². The number of alkyl halides is 3. The Morgan fingerprint density at radius 3 is 2.17 bits per heavy atom. The normalized spacial score (nSPS) is 11.6. The molecule has 0 aliphatic carbocycles. The minimum absolute atomic E-state index is 0.244. The first-order valence-electron chi connectivity index (χ1n) is 4.84. The monoisotopic (exact) mass is 334 g/mol. The van der Waals surface area contributed by atoms with Crippen LogP contribution in [0.1, 0.15) is 21.5 Å². The number of carbonyl (C=O) groups is 1. The van der Waals surface area contributed by atoms with Crippen LogP contribution in [0, 0.1) is 0 Å². The lowest BCUT2D eigenvalue weighted by Gasteiger charge is -2.06. The summed E-state index contributed by atoms with van der Waals surface area (Å²) in [6, 6.07) is 5.85. The van der Waals surface area contributed by atoms with Gasteiger partial charge >= 0.3 is 6.18 Å². The van der Waals surface area contributed by atoms with Crippen LogP contribution in [-0.2, 0) is 6.18 Å².